The van der Waals surface area contributed by atoms with Crippen LogP contribution in [0.5, 0.6) is 0 Å². The van der Waals surface area contributed by atoms with Gasteiger partial charge in [0.15, 0.2) is 0 Å². The zero-order valence-corrected chi connectivity index (χ0v) is 14.2. The Balaban J connectivity index is 2.24. The summed E-state index contributed by atoms with van der Waals surface area (Å²) in [6.07, 6.45) is 0.772. The maximum Gasteiger partial charge on any atom is 0.306 e. The highest BCUT2D eigenvalue weighted by molar-refractivity contribution is 6.33. The second-order valence-corrected chi connectivity index (χ2v) is 6.17. The molecule has 0 aliphatic heterocycles. The Morgan fingerprint density at radius 2 is 1.73 bits per heavy atom. The van der Waals surface area contributed by atoms with Crippen molar-refractivity contribution in [2.75, 3.05) is 6.61 Å². The molecule has 0 unspecified atom stereocenters. The molecule has 1 aromatic carbocycles. The molecule has 0 N–H and O–H groups in total. The van der Waals surface area contributed by atoms with Crippen LogP contribution in [0, 0.1) is 5.92 Å². The van der Waals surface area contributed by atoms with Gasteiger partial charge in [-0.1, -0.05) is 37.0 Å². The van der Waals surface area contributed by atoms with Gasteiger partial charge in [-0.25, -0.2) is 0 Å². The molecule has 22 heavy (non-hydrogen) atoms. The Labute approximate surface area is 140 Å². The van der Waals surface area contributed by atoms with Gasteiger partial charge in [0.1, 0.15) is 6.61 Å². The summed E-state index contributed by atoms with van der Waals surface area (Å²) in [5.74, 6) is -0.372. The molecule has 0 atom stereocenters. The fraction of sp³-hybridized carbons (Fsp3) is 0.500. The molecule has 0 fully saturated rings. The molecule has 0 heterocycles. The maximum atomic E-state index is 11.6. The molecule has 0 amide bonds. The van der Waals surface area contributed by atoms with E-state index in [0.29, 0.717) is 34.6 Å². The number of ether oxygens (including phenoxy) is 2. The van der Waals surface area contributed by atoms with Crippen LogP contribution in [0.2, 0.25) is 10.0 Å². The fourth-order valence-electron chi connectivity index (χ4n) is 1.59. The zero-order chi connectivity index (χ0) is 16.5. The van der Waals surface area contributed by atoms with E-state index in [-0.39, 0.29) is 31.4 Å². The summed E-state index contributed by atoms with van der Waals surface area (Å²) in [5.41, 5.74) is 0.652. The van der Waals surface area contributed by atoms with Gasteiger partial charge in [-0.05, 0) is 30.5 Å². The molecule has 0 aliphatic rings. The van der Waals surface area contributed by atoms with Crippen LogP contribution in [-0.2, 0) is 25.7 Å². The smallest absolute Gasteiger partial charge is 0.306 e. The van der Waals surface area contributed by atoms with Gasteiger partial charge in [0.05, 0.1) is 6.61 Å². The van der Waals surface area contributed by atoms with Gasteiger partial charge in [0, 0.05) is 28.5 Å². The molecule has 0 aromatic heterocycles. The van der Waals surface area contributed by atoms with Crippen LogP contribution in [-0.4, -0.2) is 18.5 Å². The summed E-state index contributed by atoms with van der Waals surface area (Å²) < 4.78 is 10.1. The van der Waals surface area contributed by atoms with Crippen LogP contribution in [0.3, 0.4) is 0 Å². The first kappa shape index (κ1) is 18.8. The third kappa shape index (κ3) is 7.66. The molecule has 0 radical (unpaired) electrons. The summed E-state index contributed by atoms with van der Waals surface area (Å²) in [6.45, 7) is 4.39. The standard InChI is InChI=1S/C16H20Cl2O4/c1-11(2)9-21-15(19)4-3-5-16(20)22-10-12-8-13(17)6-7-14(12)18/h6-8,11H,3-5,9-10H2,1-2H3. The SMILES string of the molecule is CC(C)COC(=O)CCCC(=O)OCc1cc(Cl)ccc1Cl. The zero-order valence-electron chi connectivity index (χ0n) is 12.7. The van der Waals surface area contributed by atoms with Crippen LogP contribution < -0.4 is 0 Å². The third-order valence-electron chi connectivity index (χ3n) is 2.74. The molecular formula is C16H20Cl2O4. The molecule has 0 spiro atoms. The van der Waals surface area contributed by atoms with E-state index in [1.54, 1.807) is 18.2 Å². The van der Waals surface area contributed by atoms with E-state index >= 15 is 0 Å². The number of carbonyl (C=O) groups excluding carboxylic acids is 2. The van der Waals surface area contributed by atoms with Crippen molar-refractivity contribution in [2.45, 2.75) is 39.7 Å². The van der Waals surface area contributed by atoms with Crippen LogP contribution >= 0.6 is 23.2 Å². The average Bonchev–Trinajstić information content (AvgIpc) is 2.46. The molecular weight excluding hydrogens is 327 g/mol. The molecule has 0 saturated carbocycles. The largest absolute Gasteiger partial charge is 0.465 e. The molecule has 0 saturated heterocycles. The molecule has 1 rings (SSSR count). The summed E-state index contributed by atoms with van der Waals surface area (Å²) in [5, 5.41) is 1.03. The van der Waals surface area contributed by atoms with Crippen LogP contribution in [0.25, 0.3) is 0 Å². The molecule has 6 heteroatoms. The van der Waals surface area contributed by atoms with Crippen molar-refractivity contribution in [3.05, 3.63) is 33.8 Å². The number of rotatable bonds is 8. The Bertz CT molecular complexity index is 515. The first-order valence-corrected chi connectivity index (χ1v) is 7.89. The minimum Gasteiger partial charge on any atom is -0.465 e. The average molecular weight is 347 g/mol. The minimum atomic E-state index is -0.382. The van der Waals surface area contributed by atoms with Gasteiger partial charge in [-0.15, -0.1) is 0 Å². The number of hydrogen-bond donors (Lipinski definition) is 0. The van der Waals surface area contributed by atoms with E-state index in [4.69, 9.17) is 32.7 Å². The van der Waals surface area contributed by atoms with E-state index in [1.165, 1.54) is 0 Å². The summed E-state index contributed by atoms with van der Waals surface area (Å²) in [6, 6.07) is 4.97. The molecule has 4 nitrogen and oxygen atoms in total. The van der Waals surface area contributed by atoms with Crippen molar-refractivity contribution in [1.82, 2.24) is 0 Å². The Hall–Kier alpha value is -1.26. The van der Waals surface area contributed by atoms with Crippen molar-refractivity contribution in [3.8, 4) is 0 Å². The van der Waals surface area contributed by atoms with E-state index in [1.807, 2.05) is 13.8 Å². The minimum absolute atomic E-state index is 0.0655. The topological polar surface area (TPSA) is 52.6 Å². The summed E-state index contributed by atoms with van der Waals surface area (Å²) in [7, 11) is 0. The van der Waals surface area contributed by atoms with Crippen molar-refractivity contribution in [2.24, 2.45) is 5.92 Å². The molecule has 122 valence electrons. The Kier molecular flexibility index (Phi) is 8.28. The van der Waals surface area contributed by atoms with E-state index in [2.05, 4.69) is 0 Å². The van der Waals surface area contributed by atoms with Crippen molar-refractivity contribution in [3.63, 3.8) is 0 Å². The van der Waals surface area contributed by atoms with Crippen LogP contribution in [0.1, 0.15) is 38.7 Å². The third-order valence-corrected chi connectivity index (χ3v) is 3.34. The van der Waals surface area contributed by atoms with Crippen molar-refractivity contribution in [1.29, 1.82) is 0 Å². The number of hydrogen-bond acceptors (Lipinski definition) is 4. The number of carbonyl (C=O) groups is 2. The van der Waals surface area contributed by atoms with Crippen LogP contribution in [0.4, 0.5) is 0 Å². The highest BCUT2D eigenvalue weighted by Gasteiger charge is 2.09. The lowest BCUT2D eigenvalue weighted by molar-refractivity contribution is -0.146. The second-order valence-electron chi connectivity index (χ2n) is 5.33. The Morgan fingerprint density at radius 1 is 1.09 bits per heavy atom. The second kappa shape index (κ2) is 9.70. The highest BCUT2D eigenvalue weighted by atomic mass is 35.5. The predicted molar refractivity (Wildman–Crippen MR) is 85.9 cm³/mol. The normalized spacial score (nSPS) is 10.6. The highest BCUT2D eigenvalue weighted by Crippen LogP contribution is 2.21. The first-order chi connectivity index (χ1) is 10.4. The Morgan fingerprint density at radius 3 is 2.36 bits per heavy atom. The van der Waals surface area contributed by atoms with Gasteiger partial charge in [0.2, 0.25) is 0 Å². The number of halogens is 2. The maximum absolute atomic E-state index is 11.6. The first-order valence-electron chi connectivity index (χ1n) is 7.13. The van der Waals surface area contributed by atoms with Gasteiger partial charge in [0.25, 0.3) is 0 Å². The summed E-state index contributed by atoms with van der Waals surface area (Å²) >= 11 is 11.8. The molecule has 1 aromatic rings. The van der Waals surface area contributed by atoms with Crippen molar-refractivity contribution < 1.29 is 19.1 Å². The van der Waals surface area contributed by atoms with E-state index in [0.717, 1.165) is 0 Å². The number of esters is 2. The lowest BCUT2D eigenvalue weighted by Gasteiger charge is -2.08. The van der Waals surface area contributed by atoms with Crippen LogP contribution in [0.15, 0.2) is 18.2 Å². The van der Waals surface area contributed by atoms with E-state index < -0.39 is 0 Å². The van der Waals surface area contributed by atoms with E-state index in [9.17, 15) is 9.59 Å². The lowest BCUT2D eigenvalue weighted by atomic mass is 10.2. The summed E-state index contributed by atoms with van der Waals surface area (Å²) in [4.78, 5) is 23.0. The molecule has 0 bridgehead atoms. The van der Waals surface area contributed by atoms with Gasteiger partial charge in [-0.2, -0.15) is 0 Å². The quantitative estimate of drug-likeness (QED) is 0.654. The fourth-order valence-corrected chi connectivity index (χ4v) is 1.96. The van der Waals surface area contributed by atoms with Gasteiger partial charge < -0.3 is 9.47 Å². The lowest BCUT2D eigenvalue weighted by Crippen LogP contribution is -2.11. The number of benzene rings is 1. The monoisotopic (exact) mass is 346 g/mol. The van der Waals surface area contributed by atoms with Crippen molar-refractivity contribution >= 4 is 35.1 Å². The van der Waals surface area contributed by atoms with Gasteiger partial charge in [-0.3, -0.25) is 9.59 Å². The predicted octanol–water partition coefficient (Wildman–Crippen LogP) is 4.41. The molecule has 0 aliphatic carbocycles. The van der Waals surface area contributed by atoms with Gasteiger partial charge >= 0.3 is 11.9 Å².